The van der Waals surface area contributed by atoms with Crippen LogP contribution < -0.4 is 5.48 Å². The molecule has 1 N–H and O–H groups in total. The van der Waals surface area contributed by atoms with Gasteiger partial charge in [0.2, 0.25) is 0 Å². The van der Waals surface area contributed by atoms with E-state index in [1.54, 1.807) is 30.6 Å². The Kier molecular flexibility index (Phi) is 5.40. The van der Waals surface area contributed by atoms with Gasteiger partial charge in [0, 0.05) is 16.3 Å². The average Bonchev–Trinajstić information content (AvgIpc) is 2.26. The SMILES string of the molecule is CONCc1ccc(SC)cc1SC. The van der Waals surface area contributed by atoms with Crippen LogP contribution in [0.25, 0.3) is 0 Å². The Labute approximate surface area is 93.8 Å². The molecule has 0 aromatic heterocycles. The molecule has 1 rings (SSSR count). The van der Waals surface area contributed by atoms with Gasteiger partial charge in [-0.25, -0.2) is 0 Å². The van der Waals surface area contributed by atoms with E-state index in [4.69, 9.17) is 4.84 Å². The van der Waals surface area contributed by atoms with Crippen LogP contribution in [0.5, 0.6) is 0 Å². The molecule has 0 amide bonds. The molecule has 0 saturated carbocycles. The maximum absolute atomic E-state index is 4.84. The predicted octanol–water partition coefficient (Wildman–Crippen LogP) is 2.78. The maximum Gasteiger partial charge on any atom is 0.0572 e. The van der Waals surface area contributed by atoms with Crippen LogP contribution in [0.2, 0.25) is 0 Å². The van der Waals surface area contributed by atoms with E-state index in [0.29, 0.717) is 0 Å². The smallest absolute Gasteiger partial charge is 0.0572 e. The number of hydroxylamine groups is 1. The van der Waals surface area contributed by atoms with Crippen molar-refractivity contribution in [2.24, 2.45) is 0 Å². The molecule has 0 radical (unpaired) electrons. The van der Waals surface area contributed by atoms with Crippen molar-refractivity contribution in [3.05, 3.63) is 23.8 Å². The summed E-state index contributed by atoms with van der Waals surface area (Å²) < 4.78 is 0. The highest BCUT2D eigenvalue weighted by atomic mass is 32.2. The second-order valence-electron chi connectivity index (χ2n) is 2.70. The fourth-order valence-corrected chi connectivity index (χ4v) is 2.31. The Bertz CT molecular complexity index is 291. The molecule has 0 aliphatic heterocycles. The Balaban J connectivity index is 2.82. The zero-order chi connectivity index (χ0) is 10.4. The fraction of sp³-hybridized carbons (Fsp3) is 0.400. The number of benzene rings is 1. The molecule has 1 aromatic rings. The maximum atomic E-state index is 4.84. The Morgan fingerprint density at radius 3 is 2.64 bits per heavy atom. The lowest BCUT2D eigenvalue weighted by molar-refractivity contribution is 0.0862. The first-order chi connectivity index (χ1) is 6.81. The third-order valence-electron chi connectivity index (χ3n) is 1.90. The van der Waals surface area contributed by atoms with Crippen LogP contribution in [-0.2, 0) is 11.4 Å². The van der Waals surface area contributed by atoms with E-state index in [-0.39, 0.29) is 0 Å². The Morgan fingerprint density at radius 1 is 1.29 bits per heavy atom. The van der Waals surface area contributed by atoms with Gasteiger partial charge in [-0.3, -0.25) is 0 Å². The van der Waals surface area contributed by atoms with Crippen molar-refractivity contribution in [1.29, 1.82) is 0 Å². The highest BCUT2D eigenvalue weighted by molar-refractivity contribution is 7.99. The lowest BCUT2D eigenvalue weighted by Gasteiger charge is -2.08. The van der Waals surface area contributed by atoms with Crippen LogP contribution in [0.1, 0.15) is 5.56 Å². The van der Waals surface area contributed by atoms with E-state index < -0.39 is 0 Å². The quantitative estimate of drug-likeness (QED) is 0.619. The van der Waals surface area contributed by atoms with Crippen LogP contribution in [-0.4, -0.2) is 19.6 Å². The van der Waals surface area contributed by atoms with E-state index in [9.17, 15) is 0 Å². The first-order valence-electron chi connectivity index (χ1n) is 4.28. The van der Waals surface area contributed by atoms with Crippen molar-refractivity contribution in [2.45, 2.75) is 16.3 Å². The van der Waals surface area contributed by atoms with E-state index in [1.165, 1.54) is 15.4 Å². The number of rotatable bonds is 5. The zero-order valence-electron chi connectivity index (χ0n) is 8.66. The summed E-state index contributed by atoms with van der Waals surface area (Å²) in [6, 6.07) is 6.49. The summed E-state index contributed by atoms with van der Waals surface area (Å²) in [5.41, 5.74) is 4.13. The average molecular weight is 229 g/mol. The van der Waals surface area contributed by atoms with E-state index in [1.807, 2.05) is 0 Å². The van der Waals surface area contributed by atoms with Gasteiger partial charge in [-0.15, -0.1) is 23.5 Å². The molecular weight excluding hydrogens is 214 g/mol. The topological polar surface area (TPSA) is 21.3 Å². The van der Waals surface area contributed by atoms with Gasteiger partial charge in [-0.1, -0.05) is 6.07 Å². The van der Waals surface area contributed by atoms with E-state index in [0.717, 1.165) is 6.54 Å². The molecule has 1 aromatic carbocycles. The number of nitrogens with one attached hydrogen (secondary N) is 1. The monoisotopic (exact) mass is 229 g/mol. The van der Waals surface area contributed by atoms with Gasteiger partial charge >= 0.3 is 0 Å². The van der Waals surface area contributed by atoms with Gasteiger partial charge in [0.25, 0.3) is 0 Å². The second-order valence-corrected chi connectivity index (χ2v) is 4.43. The standard InChI is InChI=1S/C10H15NOS2/c1-12-11-7-8-4-5-9(13-2)6-10(8)14-3/h4-6,11H,7H2,1-3H3. The predicted molar refractivity (Wildman–Crippen MR) is 63.9 cm³/mol. The summed E-state index contributed by atoms with van der Waals surface area (Å²) >= 11 is 3.53. The Hall–Kier alpha value is -0.160. The molecule has 0 spiro atoms. The molecule has 2 nitrogen and oxygen atoms in total. The number of hydrogen-bond donors (Lipinski definition) is 1. The largest absolute Gasteiger partial charge is 0.305 e. The van der Waals surface area contributed by atoms with Crippen LogP contribution in [0.15, 0.2) is 28.0 Å². The normalized spacial score (nSPS) is 10.5. The summed E-state index contributed by atoms with van der Waals surface area (Å²) in [7, 11) is 1.63. The van der Waals surface area contributed by atoms with Crippen molar-refractivity contribution in [2.75, 3.05) is 19.6 Å². The molecule has 0 atom stereocenters. The van der Waals surface area contributed by atoms with Crippen LogP contribution >= 0.6 is 23.5 Å². The van der Waals surface area contributed by atoms with Gasteiger partial charge in [0.05, 0.1) is 7.11 Å². The van der Waals surface area contributed by atoms with E-state index >= 15 is 0 Å². The van der Waals surface area contributed by atoms with Crippen LogP contribution in [0.4, 0.5) is 0 Å². The molecule has 0 aliphatic carbocycles. The highest BCUT2D eigenvalue weighted by Crippen LogP contribution is 2.25. The fourth-order valence-electron chi connectivity index (χ4n) is 1.15. The molecule has 14 heavy (non-hydrogen) atoms. The van der Waals surface area contributed by atoms with Gasteiger partial charge in [-0.2, -0.15) is 5.48 Å². The highest BCUT2D eigenvalue weighted by Gasteiger charge is 2.02. The molecule has 0 unspecified atom stereocenters. The molecular formula is C10H15NOS2. The lowest BCUT2D eigenvalue weighted by Crippen LogP contribution is -2.11. The first-order valence-corrected chi connectivity index (χ1v) is 6.73. The minimum absolute atomic E-state index is 0.751. The molecule has 0 heterocycles. The van der Waals surface area contributed by atoms with Gasteiger partial charge in [0.15, 0.2) is 0 Å². The second kappa shape index (κ2) is 6.35. The van der Waals surface area contributed by atoms with Crippen molar-refractivity contribution in [3.8, 4) is 0 Å². The van der Waals surface area contributed by atoms with Gasteiger partial charge in [-0.05, 0) is 30.2 Å². The van der Waals surface area contributed by atoms with Gasteiger partial charge < -0.3 is 4.84 Å². The molecule has 0 fully saturated rings. The van der Waals surface area contributed by atoms with Crippen molar-refractivity contribution >= 4 is 23.5 Å². The molecule has 4 heteroatoms. The summed E-state index contributed by atoms with van der Waals surface area (Å²) in [4.78, 5) is 7.45. The number of thioether (sulfide) groups is 2. The van der Waals surface area contributed by atoms with Gasteiger partial charge in [0.1, 0.15) is 0 Å². The third kappa shape index (κ3) is 3.20. The van der Waals surface area contributed by atoms with Crippen LogP contribution in [0.3, 0.4) is 0 Å². The molecule has 78 valence electrons. The minimum atomic E-state index is 0.751. The lowest BCUT2D eigenvalue weighted by atomic mass is 10.2. The van der Waals surface area contributed by atoms with Crippen LogP contribution in [0, 0.1) is 0 Å². The summed E-state index contributed by atoms with van der Waals surface area (Å²) in [5, 5.41) is 0. The molecule has 0 saturated heterocycles. The molecule has 0 aliphatic rings. The zero-order valence-corrected chi connectivity index (χ0v) is 10.3. The van der Waals surface area contributed by atoms with Crippen molar-refractivity contribution in [3.63, 3.8) is 0 Å². The summed E-state index contributed by atoms with van der Waals surface area (Å²) in [6.45, 7) is 0.751. The van der Waals surface area contributed by atoms with E-state index in [2.05, 4.69) is 36.2 Å². The first kappa shape index (κ1) is 11.9. The summed E-state index contributed by atoms with van der Waals surface area (Å²) in [6.07, 6.45) is 4.18. The number of hydrogen-bond acceptors (Lipinski definition) is 4. The Morgan fingerprint density at radius 2 is 2.07 bits per heavy atom. The summed E-state index contributed by atoms with van der Waals surface area (Å²) in [5.74, 6) is 0. The van der Waals surface area contributed by atoms with Crippen molar-refractivity contribution < 1.29 is 4.84 Å². The van der Waals surface area contributed by atoms with Crippen molar-refractivity contribution in [1.82, 2.24) is 5.48 Å². The minimum Gasteiger partial charge on any atom is -0.305 e. The third-order valence-corrected chi connectivity index (χ3v) is 3.45. The molecule has 0 bridgehead atoms.